The van der Waals surface area contributed by atoms with Gasteiger partial charge in [0.05, 0.1) is 12.1 Å². The molecule has 2 aromatic carbocycles. The van der Waals surface area contributed by atoms with Gasteiger partial charge in [-0.25, -0.2) is 9.37 Å². The van der Waals surface area contributed by atoms with Gasteiger partial charge in [0.1, 0.15) is 10.8 Å². The van der Waals surface area contributed by atoms with Crippen molar-refractivity contribution in [3.63, 3.8) is 0 Å². The molecule has 0 saturated carbocycles. The summed E-state index contributed by atoms with van der Waals surface area (Å²) in [5.74, 6) is -0.139. The van der Waals surface area contributed by atoms with E-state index >= 15 is 0 Å². The number of benzene rings is 2. The minimum Gasteiger partial charge on any atom is -0.315 e. The molecule has 0 bridgehead atoms. The quantitative estimate of drug-likeness (QED) is 0.710. The second kappa shape index (κ2) is 5.28. The first-order chi connectivity index (χ1) is 11.1. The van der Waals surface area contributed by atoms with Crippen molar-refractivity contribution in [2.45, 2.75) is 6.42 Å². The van der Waals surface area contributed by atoms with Crippen LogP contribution in [0, 0.1) is 5.82 Å². The van der Waals surface area contributed by atoms with E-state index in [4.69, 9.17) is 0 Å². The van der Waals surface area contributed by atoms with Crippen molar-refractivity contribution in [1.82, 2.24) is 4.98 Å². The van der Waals surface area contributed by atoms with E-state index in [0.717, 1.165) is 33.1 Å². The number of rotatable bonds is 2. The van der Waals surface area contributed by atoms with Crippen molar-refractivity contribution in [2.24, 2.45) is 0 Å². The van der Waals surface area contributed by atoms with Gasteiger partial charge in [-0.3, -0.25) is 4.79 Å². The van der Waals surface area contributed by atoms with Crippen LogP contribution in [0.2, 0.25) is 0 Å². The minimum atomic E-state index is -0.252. The molecule has 23 heavy (non-hydrogen) atoms. The third-order valence-corrected chi connectivity index (χ3v) is 4.94. The van der Waals surface area contributed by atoms with Crippen molar-refractivity contribution in [1.29, 1.82) is 0 Å². The normalized spacial score (nSPS) is 13.5. The number of aromatic nitrogens is 1. The Morgan fingerprint density at radius 2 is 1.87 bits per heavy atom. The lowest BCUT2D eigenvalue weighted by Crippen LogP contribution is -2.20. The van der Waals surface area contributed by atoms with E-state index in [2.05, 4.69) is 4.98 Å². The molecule has 3 aromatic rings. The highest BCUT2D eigenvalue weighted by Gasteiger charge is 2.24. The Labute approximate surface area is 137 Å². The summed E-state index contributed by atoms with van der Waals surface area (Å²) < 4.78 is 13.0. The van der Waals surface area contributed by atoms with Gasteiger partial charge in [-0.05, 0) is 42.0 Å². The number of amides is 1. The zero-order valence-corrected chi connectivity index (χ0v) is 13.2. The highest BCUT2D eigenvalue weighted by Crippen LogP contribution is 2.34. The van der Waals surface area contributed by atoms with E-state index in [9.17, 15) is 9.18 Å². The summed E-state index contributed by atoms with van der Waals surface area (Å²) >= 11 is 1.53. The Morgan fingerprint density at radius 1 is 1.13 bits per heavy atom. The second-order valence-electron chi connectivity index (χ2n) is 5.52. The summed E-state index contributed by atoms with van der Waals surface area (Å²) in [7, 11) is 1.79. The fraction of sp³-hybridized carbons (Fsp3) is 0.111. The Balaban J connectivity index is 1.69. The maximum Gasteiger partial charge on any atom is 0.231 e. The molecule has 0 saturated heterocycles. The van der Waals surface area contributed by atoms with Gasteiger partial charge in [0.2, 0.25) is 5.91 Å². The van der Waals surface area contributed by atoms with Crippen LogP contribution in [0.4, 0.5) is 10.1 Å². The first-order valence-electron chi connectivity index (χ1n) is 7.23. The van der Waals surface area contributed by atoms with E-state index < -0.39 is 0 Å². The van der Waals surface area contributed by atoms with E-state index in [1.54, 1.807) is 24.1 Å². The molecule has 1 aliphatic heterocycles. The SMILES string of the molecule is CN1C(=O)Cc2cc(-c3csc(-c4ccc(F)cc4)n3)ccc21. The number of likely N-dealkylation sites (N-methyl/N-ethyl adjacent to an activating group) is 1. The summed E-state index contributed by atoms with van der Waals surface area (Å²) in [4.78, 5) is 18.1. The van der Waals surface area contributed by atoms with Gasteiger partial charge in [-0.2, -0.15) is 0 Å². The molecule has 114 valence electrons. The summed E-state index contributed by atoms with van der Waals surface area (Å²) in [6, 6.07) is 12.3. The maximum absolute atomic E-state index is 13.0. The van der Waals surface area contributed by atoms with Gasteiger partial charge in [0, 0.05) is 29.2 Å². The molecule has 0 spiro atoms. The number of nitrogens with zero attached hydrogens (tertiary/aromatic N) is 2. The van der Waals surface area contributed by atoms with Crippen molar-refractivity contribution < 1.29 is 9.18 Å². The standard InChI is InChI=1S/C18H13FN2OS/c1-21-16-7-4-12(8-13(16)9-17(21)22)15-10-23-18(20-15)11-2-5-14(19)6-3-11/h2-8,10H,9H2,1H3. The Hall–Kier alpha value is -2.53. The molecule has 3 nitrogen and oxygen atoms in total. The van der Waals surface area contributed by atoms with Crippen molar-refractivity contribution in [3.05, 3.63) is 59.2 Å². The number of fused-ring (bicyclic) bond motifs is 1. The van der Waals surface area contributed by atoms with Gasteiger partial charge in [0.25, 0.3) is 0 Å². The predicted molar refractivity (Wildman–Crippen MR) is 90.1 cm³/mol. The zero-order valence-electron chi connectivity index (χ0n) is 12.4. The van der Waals surface area contributed by atoms with Crippen LogP contribution >= 0.6 is 11.3 Å². The van der Waals surface area contributed by atoms with Crippen molar-refractivity contribution in [3.8, 4) is 21.8 Å². The van der Waals surface area contributed by atoms with E-state index in [0.29, 0.717) is 6.42 Å². The smallest absolute Gasteiger partial charge is 0.231 e. The Kier molecular flexibility index (Phi) is 3.23. The average molecular weight is 324 g/mol. The monoisotopic (exact) mass is 324 g/mol. The number of halogens is 1. The molecule has 0 radical (unpaired) electrons. The fourth-order valence-electron chi connectivity index (χ4n) is 2.76. The summed E-state index contributed by atoms with van der Waals surface area (Å²) in [5.41, 5.74) is 4.77. The molecule has 2 heterocycles. The van der Waals surface area contributed by atoms with E-state index in [-0.39, 0.29) is 11.7 Å². The van der Waals surface area contributed by atoms with Crippen LogP contribution in [-0.2, 0) is 11.2 Å². The number of anilines is 1. The summed E-state index contributed by atoms with van der Waals surface area (Å²) in [6.07, 6.45) is 0.439. The van der Waals surface area contributed by atoms with Crippen molar-refractivity contribution >= 4 is 22.9 Å². The molecule has 1 aliphatic rings. The molecule has 5 heteroatoms. The zero-order chi connectivity index (χ0) is 16.0. The van der Waals surface area contributed by atoms with Crippen LogP contribution in [0.25, 0.3) is 21.8 Å². The maximum atomic E-state index is 13.0. The van der Waals surface area contributed by atoms with E-state index in [1.165, 1.54) is 23.5 Å². The molecule has 0 unspecified atom stereocenters. The van der Waals surface area contributed by atoms with Crippen LogP contribution in [0.1, 0.15) is 5.56 Å². The highest BCUT2D eigenvalue weighted by atomic mass is 32.1. The topological polar surface area (TPSA) is 33.2 Å². The first kappa shape index (κ1) is 14.1. The molecule has 4 rings (SSSR count). The van der Waals surface area contributed by atoms with Crippen molar-refractivity contribution in [2.75, 3.05) is 11.9 Å². The fourth-order valence-corrected chi connectivity index (χ4v) is 3.60. The number of thiazole rings is 1. The molecule has 0 fully saturated rings. The molecular formula is C18H13FN2OS. The van der Waals surface area contributed by atoms with Crippen LogP contribution in [0.15, 0.2) is 47.8 Å². The third kappa shape index (κ3) is 2.43. The number of carbonyl (C=O) groups is 1. The molecule has 1 aromatic heterocycles. The molecule has 0 aliphatic carbocycles. The second-order valence-corrected chi connectivity index (χ2v) is 6.38. The molecule has 1 amide bonds. The summed E-state index contributed by atoms with van der Waals surface area (Å²) in [6.45, 7) is 0. The largest absolute Gasteiger partial charge is 0.315 e. The molecule has 0 atom stereocenters. The van der Waals surface area contributed by atoms with Gasteiger partial charge in [0.15, 0.2) is 0 Å². The van der Waals surface area contributed by atoms with Gasteiger partial charge < -0.3 is 4.90 Å². The highest BCUT2D eigenvalue weighted by molar-refractivity contribution is 7.13. The predicted octanol–water partition coefficient (Wildman–Crippen LogP) is 4.14. The number of carbonyl (C=O) groups excluding carboxylic acids is 1. The summed E-state index contributed by atoms with van der Waals surface area (Å²) in [5, 5.41) is 2.84. The first-order valence-corrected chi connectivity index (χ1v) is 8.11. The lowest BCUT2D eigenvalue weighted by atomic mass is 10.1. The average Bonchev–Trinajstić information content (AvgIpc) is 3.14. The number of hydrogen-bond acceptors (Lipinski definition) is 3. The van der Waals surface area contributed by atoms with Gasteiger partial charge >= 0.3 is 0 Å². The van der Waals surface area contributed by atoms with Gasteiger partial charge in [-0.15, -0.1) is 11.3 Å². The van der Waals surface area contributed by atoms with Crippen LogP contribution in [0.3, 0.4) is 0 Å². The molecule has 0 N–H and O–H groups in total. The Bertz CT molecular complexity index is 902. The number of hydrogen-bond donors (Lipinski definition) is 0. The van der Waals surface area contributed by atoms with E-state index in [1.807, 2.05) is 23.6 Å². The van der Waals surface area contributed by atoms with Gasteiger partial charge in [-0.1, -0.05) is 6.07 Å². The lowest BCUT2D eigenvalue weighted by Gasteiger charge is -2.09. The lowest BCUT2D eigenvalue weighted by molar-refractivity contribution is -0.117. The van der Waals surface area contributed by atoms with Crippen LogP contribution in [-0.4, -0.2) is 17.9 Å². The third-order valence-electron chi connectivity index (χ3n) is 4.05. The van der Waals surface area contributed by atoms with Crippen LogP contribution < -0.4 is 4.90 Å². The van der Waals surface area contributed by atoms with Crippen LogP contribution in [0.5, 0.6) is 0 Å². The Morgan fingerprint density at radius 3 is 2.65 bits per heavy atom. The molecular weight excluding hydrogens is 311 g/mol. The minimum absolute atomic E-state index is 0.113.